The Bertz CT molecular complexity index is 471. The first-order chi connectivity index (χ1) is 9.42. The molecule has 1 aromatic rings. The van der Waals surface area contributed by atoms with Crippen LogP contribution >= 0.6 is 0 Å². The topological polar surface area (TPSA) is 37.3 Å². The molecular weight excluding hydrogens is 248 g/mol. The summed E-state index contributed by atoms with van der Waals surface area (Å²) in [7, 11) is 0. The number of hydrogen-bond donors (Lipinski definition) is 1. The second-order valence-electron chi connectivity index (χ2n) is 6.42. The van der Waals surface area contributed by atoms with Crippen molar-refractivity contribution >= 4 is 5.78 Å². The summed E-state index contributed by atoms with van der Waals surface area (Å²) in [6.07, 6.45) is 5.85. The molecule has 2 nitrogen and oxygen atoms in total. The first-order valence-electron chi connectivity index (χ1n) is 7.75. The minimum Gasteiger partial charge on any atom is -0.382 e. The fraction of sp³-hybridized carbons (Fsp3) is 0.611. The smallest absolute Gasteiger partial charge is 0.168 e. The van der Waals surface area contributed by atoms with Gasteiger partial charge in [-0.05, 0) is 50.3 Å². The van der Waals surface area contributed by atoms with Crippen LogP contribution in [0, 0.1) is 20.8 Å². The predicted molar refractivity (Wildman–Crippen MR) is 82.0 cm³/mol. The highest BCUT2D eigenvalue weighted by Gasteiger charge is 2.35. The molecule has 1 aliphatic rings. The second kappa shape index (κ2) is 6.09. The van der Waals surface area contributed by atoms with Crippen LogP contribution in [-0.4, -0.2) is 16.5 Å². The maximum Gasteiger partial charge on any atom is 0.168 e. The van der Waals surface area contributed by atoms with E-state index in [-0.39, 0.29) is 5.78 Å². The molecule has 1 saturated carbocycles. The molecule has 0 unspecified atom stereocenters. The summed E-state index contributed by atoms with van der Waals surface area (Å²) in [6.45, 7) is 6.18. The SMILES string of the molecule is Cc1cc(C)c(CC(=O)C2(O)CCCCCC2)c(C)c1. The van der Waals surface area contributed by atoms with Crippen LogP contribution in [0.2, 0.25) is 0 Å². The Morgan fingerprint density at radius 2 is 1.55 bits per heavy atom. The number of ketones is 1. The van der Waals surface area contributed by atoms with Gasteiger partial charge < -0.3 is 5.11 Å². The highest BCUT2D eigenvalue weighted by molar-refractivity contribution is 5.89. The number of hydrogen-bond acceptors (Lipinski definition) is 2. The van der Waals surface area contributed by atoms with E-state index in [1.54, 1.807) is 0 Å². The molecule has 0 saturated heterocycles. The van der Waals surface area contributed by atoms with Crippen LogP contribution in [0.25, 0.3) is 0 Å². The zero-order valence-corrected chi connectivity index (χ0v) is 13.0. The van der Waals surface area contributed by atoms with Gasteiger partial charge in [-0.25, -0.2) is 0 Å². The van der Waals surface area contributed by atoms with E-state index in [1.165, 1.54) is 5.56 Å². The van der Waals surface area contributed by atoms with Crippen molar-refractivity contribution in [3.05, 3.63) is 34.4 Å². The number of Topliss-reactive ketones (excluding diaryl/α,β-unsaturated/α-hetero) is 1. The number of carbonyl (C=O) groups is 1. The normalized spacial score (nSPS) is 18.6. The van der Waals surface area contributed by atoms with Gasteiger partial charge in [0.25, 0.3) is 0 Å². The molecule has 0 spiro atoms. The molecule has 0 heterocycles. The van der Waals surface area contributed by atoms with Gasteiger partial charge in [0, 0.05) is 6.42 Å². The molecule has 2 rings (SSSR count). The van der Waals surface area contributed by atoms with Crippen LogP contribution in [0.4, 0.5) is 0 Å². The summed E-state index contributed by atoms with van der Waals surface area (Å²) in [5.41, 5.74) is 3.56. The molecule has 20 heavy (non-hydrogen) atoms. The zero-order chi connectivity index (χ0) is 14.8. The number of benzene rings is 1. The molecule has 110 valence electrons. The quantitative estimate of drug-likeness (QED) is 0.851. The summed E-state index contributed by atoms with van der Waals surface area (Å²) in [4.78, 5) is 12.6. The minimum atomic E-state index is -1.08. The largest absolute Gasteiger partial charge is 0.382 e. The van der Waals surface area contributed by atoms with Gasteiger partial charge in [-0.2, -0.15) is 0 Å². The first-order valence-corrected chi connectivity index (χ1v) is 7.75. The molecule has 0 aromatic heterocycles. The monoisotopic (exact) mass is 274 g/mol. The summed E-state index contributed by atoms with van der Waals surface area (Å²) in [5.74, 6) is 0.00875. The van der Waals surface area contributed by atoms with Crippen molar-refractivity contribution in [2.24, 2.45) is 0 Å². The summed E-state index contributed by atoms with van der Waals surface area (Å²) in [6, 6.07) is 4.24. The fourth-order valence-corrected chi connectivity index (χ4v) is 3.41. The molecule has 0 bridgehead atoms. The second-order valence-corrected chi connectivity index (χ2v) is 6.42. The lowest BCUT2D eigenvalue weighted by Crippen LogP contribution is -2.39. The van der Waals surface area contributed by atoms with Gasteiger partial charge in [-0.3, -0.25) is 4.79 Å². The highest BCUT2D eigenvalue weighted by atomic mass is 16.3. The molecule has 1 N–H and O–H groups in total. The number of carbonyl (C=O) groups excluding carboxylic acids is 1. The standard InChI is InChI=1S/C18H26O2/c1-13-10-14(2)16(15(3)11-13)12-17(19)18(20)8-6-4-5-7-9-18/h10-11,20H,4-9,12H2,1-3H3. The highest BCUT2D eigenvalue weighted by Crippen LogP contribution is 2.30. The van der Waals surface area contributed by atoms with Gasteiger partial charge >= 0.3 is 0 Å². The van der Waals surface area contributed by atoms with E-state index in [0.717, 1.165) is 42.4 Å². The number of aryl methyl sites for hydroxylation is 3. The lowest BCUT2D eigenvalue weighted by Gasteiger charge is -2.25. The van der Waals surface area contributed by atoms with E-state index in [9.17, 15) is 9.90 Å². The Labute approximate surface area is 122 Å². The number of rotatable bonds is 3. The van der Waals surface area contributed by atoms with Crippen LogP contribution in [-0.2, 0) is 11.2 Å². The van der Waals surface area contributed by atoms with E-state index >= 15 is 0 Å². The molecule has 1 aliphatic carbocycles. The Balaban J connectivity index is 2.19. The zero-order valence-electron chi connectivity index (χ0n) is 13.0. The molecule has 1 fully saturated rings. The van der Waals surface area contributed by atoms with Crippen LogP contribution in [0.3, 0.4) is 0 Å². The third-order valence-electron chi connectivity index (χ3n) is 4.63. The molecule has 0 amide bonds. The van der Waals surface area contributed by atoms with Gasteiger partial charge in [0.2, 0.25) is 0 Å². The molecule has 0 radical (unpaired) electrons. The van der Waals surface area contributed by atoms with Gasteiger partial charge in [0.05, 0.1) is 0 Å². The van der Waals surface area contributed by atoms with Gasteiger partial charge in [0.1, 0.15) is 5.60 Å². The van der Waals surface area contributed by atoms with Crippen LogP contribution < -0.4 is 0 Å². The maximum atomic E-state index is 12.6. The van der Waals surface area contributed by atoms with Crippen LogP contribution in [0.5, 0.6) is 0 Å². The van der Waals surface area contributed by atoms with E-state index in [4.69, 9.17) is 0 Å². The van der Waals surface area contributed by atoms with Crippen molar-refractivity contribution in [1.82, 2.24) is 0 Å². The molecule has 0 aliphatic heterocycles. The molecule has 1 aromatic carbocycles. The summed E-state index contributed by atoms with van der Waals surface area (Å²) < 4.78 is 0. The third-order valence-corrected chi connectivity index (χ3v) is 4.63. The third kappa shape index (κ3) is 3.29. The average molecular weight is 274 g/mol. The molecule has 2 heteroatoms. The predicted octanol–water partition coefficient (Wildman–Crippen LogP) is 3.81. The minimum absolute atomic E-state index is 0.00875. The van der Waals surface area contributed by atoms with Gasteiger partial charge in [0.15, 0.2) is 5.78 Å². The van der Waals surface area contributed by atoms with Crippen LogP contribution in [0.15, 0.2) is 12.1 Å². The van der Waals surface area contributed by atoms with E-state index < -0.39 is 5.60 Å². The first kappa shape index (κ1) is 15.2. The van der Waals surface area contributed by atoms with Crippen LogP contribution in [0.1, 0.15) is 60.8 Å². The lowest BCUT2D eigenvalue weighted by atomic mass is 9.84. The van der Waals surface area contributed by atoms with E-state index in [0.29, 0.717) is 19.3 Å². The van der Waals surface area contributed by atoms with Crippen molar-refractivity contribution in [1.29, 1.82) is 0 Å². The molecular formula is C18H26O2. The Morgan fingerprint density at radius 1 is 1.05 bits per heavy atom. The van der Waals surface area contributed by atoms with Crippen molar-refractivity contribution in [2.45, 2.75) is 71.3 Å². The number of aliphatic hydroxyl groups is 1. The van der Waals surface area contributed by atoms with Crippen molar-refractivity contribution in [2.75, 3.05) is 0 Å². The maximum absolute atomic E-state index is 12.6. The Kier molecular flexibility index (Phi) is 4.64. The Hall–Kier alpha value is -1.15. The van der Waals surface area contributed by atoms with Gasteiger partial charge in [-0.1, -0.05) is 43.4 Å². The summed E-state index contributed by atoms with van der Waals surface area (Å²) >= 11 is 0. The summed E-state index contributed by atoms with van der Waals surface area (Å²) in [5, 5.41) is 10.7. The Morgan fingerprint density at radius 3 is 2.05 bits per heavy atom. The molecule has 0 atom stereocenters. The van der Waals surface area contributed by atoms with Crippen molar-refractivity contribution < 1.29 is 9.90 Å². The van der Waals surface area contributed by atoms with E-state index in [2.05, 4.69) is 32.9 Å². The van der Waals surface area contributed by atoms with Crippen molar-refractivity contribution in [3.63, 3.8) is 0 Å². The van der Waals surface area contributed by atoms with E-state index in [1.807, 2.05) is 0 Å². The lowest BCUT2D eigenvalue weighted by molar-refractivity contribution is -0.138. The average Bonchev–Trinajstić information content (AvgIpc) is 2.59. The van der Waals surface area contributed by atoms with Crippen molar-refractivity contribution in [3.8, 4) is 0 Å². The van der Waals surface area contributed by atoms with Gasteiger partial charge in [-0.15, -0.1) is 0 Å². The fourth-order valence-electron chi connectivity index (χ4n) is 3.41.